The predicted molar refractivity (Wildman–Crippen MR) is 80.1 cm³/mol. The van der Waals surface area contributed by atoms with Crippen LogP contribution in [0.4, 0.5) is 11.4 Å². The van der Waals surface area contributed by atoms with Gasteiger partial charge in [-0.25, -0.2) is 0 Å². The molecule has 0 unspecified atom stereocenters. The van der Waals surface area contributed by atoms with Gasteiger partial charge in [0.2, 0.25) is 5.91 Å². The van der Waals surface area contributed by atoms with Gasteiger partial charge in [0.05, 0.1) is 18.1 Å². The summed E-state index contributed by atoms with van der Waals surface area (Å²) in [7, 11) is 1.35. The average Bonchev–Trinajstić information content (AvgIpc) is 2.54. The van der Waals surface area contributed by atoms with E-state index >= 15 is 0 Å². The zero-order chi connectivity index (χ0) is 15.9. The lowest BCUT2D eigenvalue weighted by Gasteiger charge is -2.22. The number of nitro groups is 1. The van der Waals surface area contributed by atoms with Crippen molar-refractivity contribution in [1.82, 2.24) is 5.32 Å². The Morgan fingerprint density at radius 1 is 1.45 bits per heavy atom. The number of nitro benzene ring substituents is 1. The van der Waals surface area contributed by atoms with E-state index in [9.17, 15) is 14.9 Å². The molecule has 1 heterocycles. The highest BCUT2D eigenvalue weighted by Gasteiger charge is 2.17. The van der Waals surface area contributed by atoms with E-state index in [2.05, 4.69) is 10.6 Å². The molecule has 0 radical (unpaired) electrons. The molecule has 0 aromatic heterocycles. The normalized spacial score (nSPS) is 15.3. The van der Waals surface area contributed by atoms with Crippen molar-refractivity contribution < 1.29 is 19.2 Å². The third-order valence-electron chi connectivity index (χ3n) is 3.40. The maximum absolute atomic E-state index is 11.8. The lowest BCUT2D eigenvalue weighted by Crippen LogP contribution is -2.34. The molecule has 0 atom stereocenters. The number of amides is 1. The fourth-order valence-electron chi connectivity index (χ4n) is 2.26. The fourth-order valence-corrected chi connectivity index (χ4v) is 2.26. The Hall–Kier alpha value is -2.19. The van der Waals surface area contributed by atoms with Crippen LogP contribution in [0.15, 0.2) is 18.2 Å². The molecule has 2 rings (SSSR count). The average molecular weight is 309 g/mol. The van der Waals surface area contributed by atoms with Crippen LogP contribution < -0.4 is 15.4 Å². The first-order chi connectivity index (χ1) is 10.6. The second-order valence-electron chi connectivity index (χ2n) is 4.95. The summed E-state index contributed by atoms with van der Waals surface area (Å²) in [5.41, 5.74) is 0.144. The first-order valence-electron chi connectivity index (χ1n) is 7.04. The van der Waals surface area contributed by atoms with Crippen molar-refractivity contribution in [2.45, 2.75) is 18.9 Å². The van der Waals surface area contributed by atoms with Crippen LogP contribution in [-0.2, 0) is 9.53 Å². The molecule has 1 saturated heterocycles. The van der Waals surface area contributed by atoms with E-state index in [-0.39, 0.29) is 30.1 Å². The summed E-state index contributed by atoms with van der Waals surface area (Å²) < 4.78 is 10.4. The molecule has 1 amide bonds. The lowest BCUT2D eigenvalue weighted by atomic mass is 10.1. The van der Waals surface area contributed by atoms with Gasteiger partial charge in [-0.15, -0.1) is 0 Å². The summed E-state index contributed by atoms with van der Waals surface area (Å²) >= 11 is 0. The number of anilines is 1. The monoisotopic (exact) mass is 309 g/mol. The molecule has 0 saturated carbocycles. The van der Waals surface area contributed by atoms with Crippen LogP contribution in [0.25, 0.3) is 0 Å². The zero-order valence-corrected chi connectivity index (χ0v) is 12.3. The van der Waals surface area contributed by atoms with E-state index in [1.54, 1.807) is 6.07 Å². The molecule has 8 heteroatoms. The summed E-state index contributed by atoms with van der Waals surface area (Å²) in [4.78, 5) is 22.2. The first-order valence-corrected chi connectivity index (χ1v) is 7.04. The standard InChI is InChI=1S/C14H19N3O5/c1-21-13-3-2-10(8-12(13)17(19)20)16-14(18)9-22-11-4-6-15-7-5-11/h2-3,8,11,15H,4-7,9H2,1H3,(H,16,18). The Morgan fingerprint density at radius 3 is 2.82 bits per heavy atom. The summed E-state index contributed by atoms with van der Waals surface area (Å²) in [5.74, 6) is -0.188. The Labute approximate surface area is 127 Å². The number of nitrogens with one attached hydrogen (secondary N) is 2. The SMILES string of the molecule is COc1ccc(NC(=O)COC2CCNCC2)cc1[N+](=O)[O-]. The third-order valence-corrected chi connectivity index (χ3v) is 3.40. The van der Waals surface area contributed by atoms with Crippen molar-refractivity contribution in [2.24, 2.45) is 0 Å². The molecular formula is C14H19N3O5. The van der Waals surface area contributed by atoms with E-state index in [0.717, 1.165) is 25.9 Å². The van der Waals surface area contributed by atoms with Gasteiger partial charge in [-0.2, -0.15) is 0 Å². The van der Waals surface area contributed by atoms with Gasteiger partial charge in [-0.3, -0.25) is 14.9 Å². The molecule has 22 heavy (non-hydrogen) atoms. The maximum atomic E-state index is 11.8. The van der Waals surface area contributed by atoms with Crippen LogP contribution in [0.2, 0.25) is 0 Å². The van der Waals surface area contributed by atoms with Crippen molar-refractivity contribution in [2.75, 3.05) is 32.1 Å². The molecule has 1 aromatic carbocycles. The van der Waals surface area contributed by atoms with E-state index < -0.39 is 4.92 Å². The van der Waals surface area contributed by atoms with Crippen LogP contribution in [0.5, 0.6) is 5.75 Å². The van der Waals surface area contributed by atoms with Crippen LogP contribution in [0, 0.1) is 10.1 Å². The van der Waals surface area contributed by atoms with Gasteiger partial charge < -0.3 is 20.1 Å². The van der Waals surface area contributed by atoms with Crippen molar-refractivity contribution in [3.05, 3.63) is 28.3 Å². The number of hydrogen-bond donors (Lipinski definition) is 2. The molecule has 0 spiro atoms. The van der Waals surface area contributed by atoms with Crippen molar-refractivity contribution in [3.63, 3.8) is 0 Å². The van der Waals surface area contributed by atoms with Gasteiger partial charge in [0.15, 0.2) is 5.75 Å². The van der Waals surface area contributed by atoms with Gasteiger partial charge in [-0.1, -0.05) is 0 Å². The molecule has 8 nitrogen and oxygen atoms in total. The summed E-state index contributed by atoms with van der Waals surface area (Å²) in [6.45, 7) is 1.71. The second-order valence-corrected chi connectivity index (χ2v) is 4.95. The van der Waals surface area contributed by atoms with E-state index in [1.807, 2.05) is 0 Å². The van der Waals surface area contributed by atoms with E-state index in [1.165, 1.54) is 19.2 Å². The Morgan fingerprint density at radius 2 is 2.18 bits per heavy atom. The van der Waals surface area contributed by atoms with Gasteiger partial charge in [0.25, 0.3) is 0 Å². The van der Waals surface area contributed by atoms with Crippen molar-refractivity contribution in [1.29, 1.82) is 0 Å². The number of nitrogens with zero attached hydrogens (tertiary/aromatic N) is 1. The van der Waals surface area contributed by atoms with Gasteiger partial charge in [-0.05, 0) is 38.1 Å². The molecular weight excluding hydrogens is 290 g/mol. The van der Waals surface area contributed by atoms with Crippen molar-refractivity contribution in [3.8, 4) is 5.75 Å². The third kappa shape index (κ3) is 4.40. The minimum Gasteiger partial charge on any atom is -0.490 e. The predicted octanol–water partition coefficient (Wildman–Crippen LogP) is 1.31. The lowest BCUT2D eigenvalue weighted by molar-refractivity contribution is -0.385. The minimum absolute atomic E-state index is 0.0650. The Bertz CT molecular complexity index is 543. The molecule has 1 aliphatic heterocycles. The number of rotatable bonds is 6. The zero-order valence-electron chi connectivity index (χ0n) is 12.3. The van der Waals surface area contributed by atoms with Gasteiger partial charge in [0, 0.05) is 11.8 Å². The van der Waals surface area contributed by atoms with Crippen LogP contribution in [-0.4, -0.2) is 43.7 Å². The highest BCUT2D eigenvalue weighted by Crippen LogP contribution is 2.29. The number of benzene rings is 1. The molecule has 0 bridgehead atoms. The molecule has 1 fully saturated rings. The molecule has 1 aliphatic rings. The topological polar surface area (TPSA) is 103 Å². The first kappa shape index (κ1) is 16.2. The van der Waals surface area contributed by atoms with E-state index in [0.29, 0.717) is 5.69 Å². The number of hydrogen-bond acceptors (Lipinski definition) is 6. The summed E-state index contributed by atoms with van der Waals surface area (Å²) in [5, 5.41) is 16.7. The Kier molecular flexibility index (Phi) is 5.68. The minimum atomic E-state index is -0.556. The molecule has 1 aromatic rings. The number of carbonyl (C=O) groups is 1. The number of carbonyl (C=O) groups excluding carboxylic acids is 1. The number of piperidine rings is 1. The van der Waals surface area contributed by atoms with Crippen LogP contribution in [0.3, 0.4) is 0 Å². The van der Waals surface area contributed by atoms with Crippen LogP contribution in [0.1, 0.15) is 12.8 Å². The maximum Gasteiger partial charge on any atom is 0.312 e. The highest BCUT2D eigenvalue weighted by molar-refractivity contribution is 5.92. The number of methoxy groups -OCH3 is 1. The number of ether oxygens (including phenoxy) is 2. The van der Waals surface area contributed by atoms with Crippen LogP contribution >= 0.6 is 0 Å². The molecule has 0 aliphatic carbocycles. The highest BCUT2D eigenvalue weighted by atomic mass is 16.6. The van der Waals surface area contributed by atoms with Gasteiger partial charge in [0.1, 0.15) is 6.61 Å². The second kappa shape index (κ2) is 7.71. The quantitative estimate of drug-likeness (QED) is 0.606. The smallest absolute Gasteiger partial charge is 0.312 e. The van der Waals surface area contributed by atoms with Gasteiger partial charge >= 0.3 is 5.69 Å². The van der Waals surface area contributed by atoms with E-state index in [4.69, 9.17) is 9.47 Å². The summed E-state index contributed by atoms with van der Waals surface area (Å²) in [6.07, 6.45) is 1.83. The molecule has 2 N–H and O–H groups in total. The van der Waals surface area contributed by atoms with Crippen molar-refractivity contribution >= 4 is 17.3 Å². The fraction of sp³-hybridized carbons (Fsp3) is 0.500. The molecule has 120 valence electrons. The summed E-state index contributed by atoms with van der Waals surface area (Å²) in [6, 6.07) is 4.26. The Balaban J connectivity index is 1.90. The largest absolute Gasteiger partial charge is 0.490 e.